The van der Waals surface area contributed by atoms with E-state index in [1.807, 2.05) is 6.92 Å². The number of carbonyl (C=O) groups is 1. The summed E-state index contributed by atoms with van der Waals surface area (Å²) in [4.78, 5) is 14.7. The first kappa shape index (κ1) is 15.8. The zero-order chi connectivity index (χ0) is 14.8. The van der Waals surface area contributed by atoms with E-state index in [0.717, 1.165) is 32.5 Å². The molecule has 1 N–H and O–H groups in total. The smallest absolute Gasteiger partial charge is 0.242 e. The molecular weight excluding hydrogens is 252 g/mol. The van der Waals surface area contributed by atoms with Crippen LogP contribution in [0.15, 0.2) is 0 Å². The lowest BCUT2D eigenvalue weighted by atomic mass is 9.77. The fraction of sp³-hybridized carbons (Fsp3) is 0.938. The summed E-state index contributed by atoms with van der Waals surface area (Å²) >= 11 is 0. The lowest BCUT2D eigenvalue weighted by Gasteiger charge is -2.34. The van der Waals surface area contributed by atoms with Gasteiger partial charge in [-0.1, -0.05) is 20.8 Å². The Labute approximate surface area is 123 Å². The summed E-state index contributed by atoms with van der Waals surface area (Å²) in [6.45, 7) is 12.2. The number of carbonyl (C=O) groups excluding carboxylic acids is 1. The van der Waals surface area contributed by atoms with Gasteiger partial charge < -0.3 is 15.0 Å². The second-order valence-electron chi connectivity index (χ2n) is 7.33. The quantitative estimate of drug-likeness (QED) is 0.800. The fourth-order valence-corrected chi connectivity index (χ4v) is 3.39. The average Bonchev–Trinajstić information content (AvgIpc) is 2.63. The predicted octanol–water partition coefficient (Wildman–Crippen LogP) is 2.04. The van der Waals surface area contributed by atoms with Crippen molar-refractivity contribution < 1.29 is 9.53 Å². The molecule has 2 fully saturated rings. The number of rotatable bonds is 1. The average molecular weight is 282 g/mol. The van der Waals surface area contributed by atoms with E-state index in [-0.39, 0.29) is 18.1 Å². The summed E-state index contributed by atoms with van der Waals surface area (Å²) in [6.07, 6.45) is 3.46. The SMILES string of the molecule is C[C@H]1OCCN[C@@H]1C(=O)N1CCCC(C(C)(C)C)CC1. The van der Waals surface area contributed by atoms with Gasteiger partial charge in [-0.15, -0.1) is 0 Å². The van der Waals surface area contributed by atoms with Gasteiger partial charge in [0, 0.05) is 19.6 Å². The predicted molar refractivity (Wildman–Crippen MR) is 80.6 cm³/mol. The van der Waals surface area contributed by atoms with Gasteiger partial charge in [-0.05, 0) is 37.5 Å². The molecule has 4 nitrogen and oxygen atoms in total. The van der Waals surface area contributed by atoms with E-state index in [9.17, 15) is 4.79 Å². The van der Waals surface area contributed by atoms with Crippen LogP contribution in [0.3, 0.4) is 0 Å². The van der Waals surface area contributed by atoms with Crippen molar-refractivity contribution in [2.24, 2.45) is 11.3 Å². The molecule has 1 unspecified atom stereocenters. The van der Waals surface area contributed by atoms with Crippen molar-refractivity contribution in [1.82, 2.24) is 10.2 Å². The Bertz CT molecular complexity index is 338. The van der Waals surface area contributed by atoms with E-state index in [0.29, 0.717) is 17.9 Å². The van der Waals surface area contributed by atoms with Crippen molar-refractivity contribution in [3.05, 3.63) is 0 Å². The van der Waals surface area contributed by atoms with Gasteiger partial charge in [0.15, 0.2) is 0 Å². The fourth-order valence-electron chi connectivity index (χ4n) is 3.39. The van der Waals surface area contributed by atoms with Gasteiger partial charge in [-0.3, -0.25) is 4.79 Å². The highest BCUT2D eigenvalue weighted by atomic mass is 16.5. The topological polar surface area (TPSA) is 41.6 Å². The third-order valence-electron chi connectivity index (χ3n) is 4.85. The Morgan fingerprint density at radius 2 is 2.00 bits per heavy atom. The minimum Gasteiger partial charge on any atom is -0.375 e. The second kappa shape index (κ2) is 6.44. The van der Waals surface area contributed by atoms with Crippen molar-refractivity contribution in [3.8, 4) is 0 Å². The van der Waals surface area contributed by atoms with Gasteiger partial charge in [-0.2, -0.15) is 0 Å². The number of amides is 1. The van der Waals surface area contributed by atoms with E-state index < -0.39 is 0 Å². The van der Waals surface area contributed by atoms with E-state index in [1.54, 1.807) is 0 Å². The molecule has 2 rings (SSSR count). The zero-order valence-corrected chi connectivity index (χ0v) is 13.4. The van der Waals surface area contributed by atoms with Crippen molar-refractivity contribution in [2.45, 2.75) is 59.1 Å². The standard InChI is InChI=1S/C16H30N2O2/c1-12-14(17-8-11-20-12)15(19)18-9-5-6-13(7-10-18)16(2,3)4/h12-14,17H,5-11H2,1-4H3/t12-,13?,14+/m1/s1. The van der Waals surface area contributed by atoms with Gasteiger partial charge >= 0.3 is 0 Å². The molecule has 2 saturated heterocycles. The summed E-state index contributed by atoms with van der Waals surface area (Å²) in [5.74, 6) is 0.944. The van der Waals surface area contributed by atoms with Crippen molar-refractivity contribution in [1.29, 1.82) is 0 Å². The van der Waals surface area contributed by atoms with E-state index in [4.69, 9.17) is 4.74 Å². The highest BCUT2D eigenvalue weighted by Crippen LogP contribution is 2.34. The van der Waals surface area contributed by atoms with Crippen molar-refractivity contribution in [2.75, 3.05) is 26.2 Å². The lowest BCUT2D eigenvalue weighted by Crippen LogP contribution is -2.56. The van der Waals surface area contributed by atoms with Crippen LogP contribution in [0.4, 0.5) is 0 Å². The number of ether oxygens (including phenoxy) is 1. The summed E-state index contributed by atoms with van der Waals surface area (Å²) < 4.78 is 5.60. The molecule has 0 aliphatic carbocycles. The number of nitrogens with one attached hydrogen (secondary N) is 1. The summed E-state index contributed by atoms with van der Waals surface area (Å²) in [5, 5.41) is 3.31. The molecule has 0 aromatic heterocycles. The molecule has 2 aliphatic heterocycles. The van der Waals surface area contributed by atoms with Gasteiger partial charge in [0.2, 0.25) is 5.91 Å². The maximum Gasteiger partial charge on any atom is 0.242 e. The van der Waals surface area contributed by atoms with E-state index in [1.165, 1.54) is 6.42 Å². The first-order chi connectivity index (χ1) is 9.39. The van der Waals surface area contributed by atoms with Gasteiger partial charge in [0.25, 0.3) is 0 Å². The third kappa shape index (κ3) is 3.73. The highest BCUT2D eigenvalue weighted by molar-refractivity contribution is 5.82. The molecule has 0 spiro atoms. The second-order valence-corrected chi connectivity index (χ2v) is 7.33. The van der Waals surface area contributed by atoms with Gasteiger partial charge in [-0.25, -0.2) is 0 Å². The van der Waals surface area contributed by atoms with E-state index >= 15 is 0 Å². The van der Waals surface area contributed by atoms with Gasteiger partial charge in [0.05, 0.1) is 12.7 Å². The number of nitrogens with zero attached hydrogens (tertiary/aromatic N) is 1. The minimum absolute atomic E-state index is 0.0158. The summed E-state index contributed by atoms with van der Waals surface area (Å²) in [7, 11) is 0. The molecule has 0 saturated carbocycles. The largest absolute Gasteiger partial charge is 0.375 e. The van der Waals surface area contributed by atoms with Crippen LogP contribution in [0.25, 0.3) is 0 Å². The Morgan fingerprint density at radius 1 is 1.25 bits per heavy atom. The summed E-state index contributed by atoms with van der Waals surface area (Å²) in [5.41, 5.74) is 0.346. The molecule has 4 heteroatoms. The van der Waals surface area contributed by atoms with Crippen LogP contribution in [0, 0.1) is 11.3 Å². The maximum atomic E-state index is 12.7. The van der Waals surface area contributed by atoms with Crippen molar-refractivity contribution >= 4 is 5.91 Å². The molecule has 0 aromatic carbocycles. The molecular formula is C16H30N2O2. The maximum absolute atomic E-state index is 12.7. The molecule has 0 bridgehead atoms. The van der Waals surface area contributed by atoms with Gasteiger partial charge in [0.1, 0.15) is 6.04 Å². The first-order valence-electron chi connectivity index (χ1n) is 8.03. The van der Waals surface area contributed by atoms with Crippen LogP contribution in [0.5, 0.6) is 0 Å². The molecule has 20 heavy (non-hydrogen) atoms. The summed E-state index contributed by atoms with van der Waals surface area (Å²) in [6, 6.07) is -0.157. The monoisotopic (exact) mass is 282 g/mol. The number of hydrogen-bond donors (Lipinski definition) is 1. The third-order valence-corrected chi connectivity index (χ3v) is 4.85. The van der Waals surface area contributed by atoms with Crippen LogP contribution in [0.2, 0.25) is 0 Å². The minimum atomic E-state index is -0.157. The highest BCUT2D eigenvalue weighted by Gasteiger charge is 2.34. The first-order valence-corrected chi connectivity index (χ1v) is 8.03. The Balaban J connectivity index is 1.94. The van der Waals surface area contributed by atoms with Crippen LogP contribution in [0.1, 0.15) is 47.0 Å². The molecule has 2 aliphatic rings. The van der Waals surface area contributed by atoms with Crippen LogP contribution < -0.4 is 5.32 Å². The van der Waals surface area contributed by atoms with Crippen LogP contribution >= 0.6 is 0 Å². The molecule has 3 atom stereocenters. The van der Waals surface area contributed by atoms with Crippen LogP contribution in [-0.4, -0.2) is 49.2 Å². The molecule has 0 aromatic rings. The van der Waals surface area contributed by atoms with E-state index in [2.05, 4.69) is 31.0 Å². The number of hydrogen-bond acceptors (Lipinski definition) is 3. The molecule has 116 valence electrons. The van der Waals surface area contributed by atoms with Crippen LogP contribution in [-0.2, 0) is 9.53 Å². The Morgan fingerprint density at radius 3 is 2.65 bits per heavy atom. The Hall–Kier alpha value is -0.610. The Kier molecular flexibility index (Phi) is 5.08. The zero-order valence-electron chi connectivity index (χ0n) is 13.4. The van der Waals surface area contributed by atoms with Crippen molar-refractivity contribution in [3.63, 3.8) is 0 Å². The normalized spacial score (nSPS) is 32.8. The number of morpholine rings is 1. The molecule has 0 radical (unpaired) electrons. The molecule has 2 heterocycles. The lowest BCUT2D eigenvalue weighted by molar-refractivity contribution is -0.139. The number of likely N-dealkylation sites (tertiary alicyclic amines) is 1. The molecule has 1 amide bonds.